The maximum Gasteiger partial charge on any atom is 0.335 e. The van der Waals surface area contributed by atoms with Crippen molar-refractivity contribution >= 4 is 23.3 Å². The van der Waals surface area contributed by atoms with Crippen LogP contribution >= 0.6 is 0 Å². The summed E-state index contributed by atoms with van der Waals surface area (Å²) in [6.07, 6.45) is 2.13. The van der Waals surface area contributed by atoms with Crippen molar-refractivity contribution < 1.29 is 19.8 Å². The van der Waals surface area contributed by atoms with Crippen molar-refractivity contribution in [1.82, 2.24) is 14.8 Å². The maximum atomic E-state index is 11.2. The van der Waals surface area contributed by atoms with Gasteiger partial charge in [-0.2, -0.15) is 0 Å². The maximum absolute atomic E-state index is 11.2. The predicted molar refractivity (Wildman–Crippen MR) is 77.6 cm³/mol. The van der Waals surface area contributed by atoms with Crippen LogP contribution in [0, 0.1) is 6.92 Å². The van der Waals surface area contributed by atoms with Crippen molar-refractivity contribution in [2.75, 3.05) is 0 Å². The van der Waals surface area contributed by atoms with Crippen LogP contribution in [0.4, 0.5) is 0 Å². The molecule has 2 N–H and O–H groups in total. The lowest BCUT2D eigenvalue weighted by Gasteiger charge is -2.00. The Kier molecular flexibility index (Phi) is 3.10. The van der Waals surface area contributed by atoms with E-state index in [1.807, 2.05) is 0 Å². The number of nitrogens with zero attached hydrogens (tertiary/aromatic N) is 3. The molecule has 0 bridgehead atoms. The van der Waals surface area contributed by atoms with E-state index in [4.69, 9.17) is 5.11 Å². The molecule has 2 aromatic heterocycles. The van der Waals surface area contributed by atoms with E-state index in [2.05, 4.69) is 10.1 Å². The molecule has 0 amide bonds. The SMILES string of the molecule is Cc1nc2nn(-c3ccc(C(=O)O)cc3)cc2c(C=O)c1O. The molecular weight excluding hydrogens is 286 g/mol. The van der Waals surface area contributed by atoms with Crippen LogP contribution in [0.5, 0.6) is 5.75 Å². The molecule has 3 aromatic rings. The summed E-state index contributed by atoms with van der Waals surface area (Å²) in [5.41, 5.74) is 1.58. The molecule has 0 aliphatic heterocycles. The number of pyridine rings is 1. The molecule has 7 nitrogen and oxygen atoms in total. The predicted octanol–water partition coefficient (Wildman–Crippen LogP) is 1.95. The Hall–Kier alpha value is -3.22. The molecule has 0 aliphatic rings. The standard InChI is InChI=1S/C15H11N3O4/c1-8-13(20)12(7-19)11-6-18(17-14(11)16-8)10-4-2-9(3-5-10)15(21)22/h2-7,20H,1H3,(H,21,22). The number of aromatic hydroxyl groups is 1. The number of carbonyl (C=O) groups excluding carboxylic acids is 1. The van der Waals surface area contributed by atoms with Gasteiger partial charge >= 0.3 is 5.97 Å². The number of rotatable bonds is 3. The summed E-state index contributed by atoms with van der Waals surface area (Å²) in [6, 6.07) is 6.12. The van der Waals surface area contributed by atoms with Crippen LogP contribution in [0.2, 0.25) is 0 Å². The molecule has 3 rings (SSSR count). The fourth-order valence-corrected chi connectivity index (χ4v) is 2.18. The van der Waals surface area contributed by atoms with E-state index in [-0.39, 0.29) is 16.9 Å². The van der Waals surface area contributed by atoms with Gasteiger partial charge in [-0.15, -0.1) is 5.10 Å². The Morgan fingerprint density at radius 3 is 2.55 bits per heavy atom. The first-order chi connectivity index (χ1) is 10.5. The van der Waals surface area contributed by atoms with Crippen molar-refractivity contribution in [1.29, 1.82) is 0 Å². The average molecular weight is 297 g/mol. The van der Waals surface area contributed by atoms with Gasteiger partial charge in [-0.3, -0.25) is 4.79 Å². The van der Waals surface area contributed by atoms with Crippen LogP contribution in [0.3, 0.4) is 0 Å². The number of carboxylic acids is 1. The monoisotopic (exact) mass is 297 g/mol. The Bertz CT molecular complexity index is 897. The van der Waals surface area contributed by atoms with Gasteiger partial charge < -0.3 is 10.2 Å². The third-order valence-corrected chi connectivity index (χ3v) is 3.35. The third kappa shape index (κ3) is 2.08. The highest BCUT2D eigenvalue weighted by Crippen LogP contribution is 2.27. The zero-order valence-electron chi connectivity index (χ0n) is 11.5. The number of aromatic nitrogens is 3. The highest BCUT2D eigenvalue weighted by Gasteiger charge is 2.15. The Balaban J connectivity index is 2.16. The lowest BCUT2D eigenvalue weighted by atomic mass is 10.1. The molecular formula is C15H11N3O4. The molecule has 0 radical (unpaired) electrons. The molecule has 22 heavy (non-hydrogen) atoms. The molecule has 0 atom stereocenters. The van der Waals surface area contributed by atoms with Crippen molar-refractivity contribution in [2.45, 2.75) is 6.92 Å². The van der Waals surface area contributed by atoms with Gasteiger partial charge in [0.05, 0.1) is 27.9 Å². The van der Waals surface area contributed by atoms with Crippen LogP contribution in [0.1, 0.15) is 26.4 Å². The minimum Gasteiger partial charge on any atom is -0.505 e. The first-order valence-electron chi connectivity index (χ1n) is 6.39. The zero-order chi connectivity index (χ0) is 15.9. The normalized spacial score (nSPS) is 10.8. The highest BCUT2D eigenvalue weighted by atomic mass is 16.4. The van der Waals surface area contributed by atoms with Gasteiger partial charge in [0.15, 0.2) is 11.9 Å². The lowest BCUT2D eigenvalue weighted by molar-refractivity contribution is 0.0696. The number of carbonyl (C=O) groups is 2. The van der Waals surface area contributed by atoms with Crippen molar-refractivity contribution in [3.8, 4) is 11.4 Å². The minimum absolute atomic E-state index is 0.135. The second-order valence-corrected chi connectivity index (χ2v) is 4.74. The van der Waals surface area contributed by atoms with E-state index >= 15 is 0 Å². The number of hydrogen-bond acceptors (Lipinski definition) is 5. The second kappa shape index (κ2) is 4.96. The van der Waals surface area contributed by atoms with E-state index in [0.717, 1.165) is 0 Å². The first-order valence-corrected chi connectivity index (χ1v) is 6.39. The molecule has 7 heteroatoms. The topological polar surface area (TPSA) is 105 Å². The summed E-state index contributed by atoms with van der Waals surface area (Å²) in [6.45, 7) is 1.59. The Morgan fingerprint density at radius 2 is 1.95 bits per heavy atom. The van der Waals surface area contributed by atoms with Crippen molar-refractivity contribution in [2.24, 2.45) is 0 Å². The number of aldehydes is 1. The highest BCUT2D eigenvalue weighted by molar-refractivity contribution is 5.98. The summed E-state index contributed by atoms with van der Waals surface area (Å²) in [4.78, 5) is 26.2. The van der Waals surface area contributed by atoms with Gasteiger partial charge in [0, 0.05) is 6.20 Å². The molecule has 0 saturated carbocycles. The largest absolute Gasteiger partial charge is 0.505 e. The quantitative estimate of drug-likeness (QED) is 0.716. The average Bonchev–Trinajstić information content (AvgIpc) is 2.92. The summed E-state index contributed by atoms with van der Waals surface area (Å²) in [5, 5.41) is 23.5. The fourth-order valence-electron chi connectivity index (χ4n) is 2.18. The Labute approximate surface area is 124 Å². The molecule has 0 unspecified atom stereocenters. The van der Waals surface area contributed by atoms with Crippen LogP contribution in [-0.2, 0) is 0 Å². The first kappa shape index (κ1) is 13.7. The molecule has 110 valence electrons. The van der Waals surface area contributed by atoms with Gasteiger partial charge in [-0.25, -0.2) is 14.5 Å². The third-order valence-electron chi connectivity index (χ3n) is 3.35. The minimum atomic E-state index is -1.01. The number of fused-ring (bicyclic) bond motifs is 1. The van der Waals surface area contributed by atoms with Crippen LogP contribution in [-0.4, -0.2) is 37.2 Å². The Morgan fingerprint density at radius 1 is 1.27 bits per heavy atom. The molecule has 2 heterocycles. The van der Waals surface area contributed by atoms with Gasteiger partial charge in [0.25, 0.3) is 0 Å². The number of aromatic carboxylic acids is 1. The van der Waals surface area contributed by atoms with E-state index in [1.54, 1.807) is 25.3 Å². The van der Waals surface area contributed by atoms with Gasteiger partial charge in [0.1, 0.15) is 5.75 Å². The number of hydrogen-bond donors (Lipinski definition) is 2. The number of carboxylic acid groups (broad SMARTS) is 1. The summed E-state index contributed by atoms with van der Waals surface area (Å²) < 4.78 is 1.48. The van der Waals surface area contributed by atoms with Crippen LogP contribution < -0.4 is 0 Å². The van der Waals surface area contributed by atoms with Gasteiger partial charge in [0.2, 0.25) is 0 Å². The van der Waals surface area contributed by atoms with Crippen LogP contribution in [0.25, 0.3) is 16.7 Å². The fraction of sp³-hybridized carbons (Fsp3) is 0.0667. The number of aryl methyl sites for hydroxylation is 1. The lowest BCUT2D eigenvalue weighted by Crippen LogP contribution is -1.98. The molecule has 0 aliphatic carbocycles. The van der Waals surface area contributed by atoms with Gasteiger partial charge in [-0.05, 0) is 31.2 Å². The zero-order valence-corrected chi connectivity index (χ0v) is 11.5. The second-order valence-electron chi connectivity index (χ2n) is 4.74. The van der Waals surface area contributed by atoms with Gasteiger partial charge in [-0.1, -0.05) is 0 Å². The molecule has 1 aromatic carbocycles. The van der Waals surface area contributed by atoms with E-state index in [1.165, 1.54) is 16.8 Å². The molecule has 0 saturated heterocycles. The summed E-state index contributed by atoms with van der Waals surface area (Å²) >= 11 is 0. The summed E-state index contributed by atoms with van der Waals surface area (Å²) in [5.74, 6) is -1.18. The number of benzene rings is 1. The summed E-state index contributed by atoms with van der Waals surface area (Å²) in [7, 11) is 0. The van der Waals surface area contributed by atoms with Crippen molar-refractivity contribution in [3.05, 3.63) is 47.3 Å². The van der Waals surface area contributed by atoms with Crippen molar-refractivity contribution in [3.63, 3.8) is 0 Å². The van der Waals surface area contributed by atoms with E-state index < -0.39 is 5.97 Å². The van der Waals surface area contributed by atoms with Crippen LogP contribution in [0.15, 0.2) is 30.5 Å². The molecule has 0 fully saturated rings. The van der Waals surface area contributed by atoms with E-state index in [9.17, 15) is 14.7 Å². The molecule has 0 spiro atoms. The smallest absolute Gasteiger partial charge is 0.335 e. The van der Waals surface area contributed by atoms with E-state index in [0.29, 0.717) is 28.7 Å².